The van der Waals surface area contributed by atoms with Gasteiger partial charge in [-0.3, -0.25) is 0 Å². The summed E-state index contributed by atoms with van der Waals surface area (Å²) in [7, 11) is 0. The summed E-state index contributed by atoms with van der Waals surface area (Å²) in [5, 5.41) is 0. The van der Waals surface area contributed by atoms with Crippen molar-refractivity contribution in [2.24, 2.45) is 0 Å². The Morgan fingerprint density at radius 1 is 1.06 bits per heavy atom. The molecule has 0 bridgehead atoms. The van der Waals surface area contributed by atoms with Gasteiger partial charge in [0.2, 0.25) is 0 Å². The van der Waals surface area contributed by atoms with E-state index in [0.717, 1.165) is 21.2 Å². The third-order valence-corrected chi connectivity index (χ3v) is 3.60. The van der Waals surface area contributed by atoms with Crippen LogP contribution in [-0.4, -0.2) is 0 Å². The van der Waals surface area contributed by atoms with E-state index in [1.807, 2.05) is 18.2 Å². The van der Waals surface area contributed by atoms with Gasteiger partial charge >= 0.3 is 0 Å². The van der Waals surface area contributed by atoms with Crippen LogP contribution in [0, 0.1) is 5.82 Å². The Hall–Kier alpha value is -0.860. The number of hydrogen-bond donors (Lipinski definition) is 0. The van der Waals surface area contributed by atoms with Gasteiger partial charge in [-0.25, -0.2) is 4.39 Å². The lowest BCUT2D eigenvalue weighted by Gasteiger charge is -2.08. The van der Waals surface area contributed by atoms with Crippen LogP contribution in [0.15, 0.2) is 46.9 Å². The maximum atomic E-state index is 12.8. The molecule has 3 heteroatoms. The molecule has 0 aliphatic carbocycles. The molecule has 82 valence electrons. The van der Waals surface area contributed by atoms with E-state index >= 15 is 0 Å². The molecule has 0 N–H and O–H groups in total. The molecular formula is C13H9BrClF. The molecule has 0 aliphatic heterocycles. The smallest absolute Gasteiger partial charge is 0.123 e. The highest BCUT2D eigenvalue weighted by atomic mass is 79.9. The van der Waals surface area contributed by atoms with Gasteiger partial charge in [0.1, 0.15) is 5.82 Å². The zero-order valence-electron chi connectivity index (χ0n) is 8.38. The lowest BCUT2D eigenvalue weighted by molar-refractivity contribution is 0.628. The van der Waals surface area contributed by atoms with Gasteiger partial charge in [-0.05, 0) is 44.8 Å². The molecule has 0 atom stereocenters. The Morgan fingerprint density at radius 3 is 2.38 bits per heavy atom. The SMILES string of the molecule is Fc1ccc(-c2cccc(CCl)c2Br)cc1. The first-order valence-corrected chi connectivity index (χ1v) is 6.14. The molecule has 2 aromatic rings. The van der Waals surface area contributed by atoms with Gasteiger partial charge in [-0.1, -0.05) is 30.3 Å². The number of hydrogen-bond acceptors (Lipinski definition) is 0. The van der Waals surface area contributed by atoms with Crippen LogP contribution in [0.2, 0.25) is 0 Å². The zero-order valence-corrected chi connectivity index (χ0v) is 10.7. The third kappa shape index (κ3) is 2.28. The molecule has 2 rings (SSSR count). The molecule has 16 heavy (non-hydrogen) atoms. The number of halogens is 3. The van der Waals surface area contributed by atoms with Gasteiger partial charge in [0.25, 0.3) is 0 Å². The van der Waals surface area contributed by atoms with Crippen molar-refractivity contribution in [3.63, 3.8) is 0 Å². The maximum Gasteiger partial charge on any atom is 0.123 e. The summed E-state index contributed by atoms with van der Waals surface area (Å²) in [4.78, 5) is 0. The second-order valence-electron chi connectivity index (χ2n) is 3.42. The standard InChI is InChI=1S/C13H9BrClF/c14-13-10(8-15)2-1-3-12(13)9-4-6-11(16)7-5-9/h1-7H,8H2. The Balaban J connectivity index is 2.51. The Kier molecular flexibility index (Phi) is 3.62. The minimum Gasteiger partial charge on any atom is -0.207 e. The molecule has 0 aromatic heterocycles. The van der Waals surface area contributed by atoms with Crippen LogP contribution in [0.5, 0.6) is 0 Å². The summed E-state index contributed by atoms with van der Waals surface area (Å²) in [6.45, 7) is 0. The maximum absolute atomic E-state index is 12.8. The lowest BCUT2D eigenvalue weighted by atomic mass is 10.0. The number of alkyl halides is 1. The molecule has 0 heterocycles. The van der Waals surface area contributed by atoms with Crippen LogP contribution in [0.25, 0.3) is 11.1 Å². The summed E-state index contributed by atoms with van der Waals surface area (Å²) in [6, 6.07) is 12.3. The van der Waals surface area contributed by atoms with Gasteiger partial charge in [-0.2, -0.15) is 0 Å². The van der Waals surface area contributed by atoms with E-state index in [1.165, 1.54) is 12.1 Å². The minimum absolute atomic E-state index is 0.228. The van der Waals surface area contributed by atoms with E-state index in [0.29, 0.717) is 5.88 Å². The monoisotopic (exact) mass is 298 g/mol. The lowest BCUT2D eigenvalue weighted by Crippen LogP contribution is -1.86. The number of benzene rings is 2. The van der Waals surface area contributed by atoms with Crippen LogP contribution >= 0.6 is 27.5 Å². The molecule has 0 fully saturated rings. The average molecular weight is 300 g/mol. The topological polar surface area (TPSA) is 0 Å². The highest BCUT2D eigenvalue weighted by Gasteiger charge is 2.06. The van der Waals surface area contributed by atoms with Gasteiger partial charge in [0.05, 0.1) is 0 Å². The minimum atomic E-state index is -0.228. The van der Waals surface area contributed by atoms with Crippen LogP contribution in [-0.2, 0) is 5.88 Å². The van der Waals surface area contributed by atoms with E-state index in [9.17, 15) is 4.39 Å². The molecule has 2 aromatic carbocycles. The van der Waals surface area contributed by atoms with Gasteiger partial charge in [0.15, 0.2) is 0 Å². The highest BCUT2D eigenvalue weighted by molar-refractivity contribution is 9.10. The highest BCUT2D eigenvalue weighted by Crippen LogP contribution is 2.31. The number of rotatable bonds is 2. The summed E-state index contributed by atoms with van der Waals surface area (Å²) in [5.74, 6) is 0.226. The van der Waals surface area contributed by atoms with Crippen LogP contribution < -0.4 is 0 Å². The van der Waals surface area contributed by atoms with Crippen molar-refractivity contribution in [2.75, 3.05) is 0 Å². The summed E-state index contributed by atoms with van der Waals surface area (Å²) in [6.07, 6.45) is 0. The Bertz CT molecular complexity index is 494. The normalized spacial score (nSPS) is 10.4. The van der Waals surface area contributed by atoms with Crippen molar-refractivity contribution in [1.29, 1.82) is 0 Å². The first-order chi connectivity index (χ1) is 7.72. The molecule has 0 unspecified atom stereocenters. The molecular weight excluding hydrogens is 290 g/mol. The Labute approximate surface area is 107 Å². The van der Waals surface area contributed by atoms with E-state index in [2.05, 4.69) is 15.9 Å². The van der Waals surface area contributed by atoms with Crippen molar-refractivity contribution >= 4 is 27.5 Å². The largest absolute Gasteiger partial charge is 0.207 e. The summed E-state index contributed by atoms with van der Waals surface area (Å²) >= 11 is 9.35. The quantitative estimate of drug-likeness (QED) is 0.685. The first kappa shape index (κ1) is 11.6. The van der Waals surface area contributed by atoms with E-state index in [1.54, 1.807) is 12.1 Å². The molecule has 0 saturated carbocycles. The molecule has 0 aliphatic rings. The predicted molar refractivity (Wildman–Crippen MR) is 69.1 cm³/mol. The second-order valence-corrected chi connectivity index (χ2v) is 4.48. The van der Waals surface area contributed by atoms with E-state index < -0.39 is 0 Å². The van der Waals surface area contributed by atoms with Crippen molar-refractivity contribution in [1.82, 2.24) is 0 Å². The Morgan fingerprint density at radius 2 is 1.75 bits per heavy atom. The second kappa shape index (κ2) is 4.98. The zero-order chi connectivity index (χ0) is 11.5. The van der Waals surface area contributed by atoms with E-state index in [-0.39, 0.29) is 5.82 Å². The fraction of sp³-hybridized carbons (Fsp3) is 0.0769. The van der Waals surface area contributed by atoms with Crippen LogP contribution in [0.3, 0.4) is 0 Å². The molecule has 0 nitrogen and oxygen atoms in total. The van der Waals surface area contributed by atoms with Crippen molar-refractivity contribution < 1.29 is 4.39 Å². The van der Waals surface area contributed by atoms with E-state index in [4.69, 9.17) is 11.6 Å². The average Bonchev–Trinajstić information content (AvgIpc) is 2.31. The molecule has 0 saturated heterocycles. The van der Waals surface area contributed by atoms with Crippen LogP contribution in [0.4, 0.5) is 4.39 Å². The van der Waals surface area contributed by atoms with Gasteiger partial charge < -0.3 is 0 Å². The third-order valence-electron chi connectivity index (χ3n) is 2.38. The van der Waals surface area contributed by atoms with Gasteiger partial charge in [0, 0.05) is 10.4 Å². The molecule has 0 amide bonds. The van der Waals surface area contributed by atoms with Crippen LogP contribution in [0.1, 0.15) is 5.56 Å². The summed E-state index contributed by atoms with van der Waals surface area (Å²) in [5.41, 5.74) is 3.03. The fourth-order valence-corrected chi connectivity index (χ4v) is 2.55. The van der Waals surface area contributed by atoms with Crippen molar-refractivity contribution in [3.05, 3.63) is 58.3 Å². The van der Waals surface area contributed by atoms with Gasteiger partial charge in [-0.15, -0.1) is 11.6 Å². The fourth-order valence-electron chi connectivity index (χ4n) is 1.54. The molecule has 0 radical (unpaired) electrons. The molecule has 0 spiro atoms. The first-order valence-electron chi connectivity index (χ1n) is 4.81. The van der Waals surface area contributed by atoms with Crippen molar-refractivity contribution in [3.8, 4) is 11.1 Å². The predicted octanol–water partition coefficient (Wildman–Crippen LogP) is 4.99. The van der Waals surface area contributed by atoms with Crippen molar-refractivity contribution in [2.45, 2.75) is 5.88 Å². The summed E-state index contributed by atoms with van der Waals surface area (Å²) < 4.78 is 13.8.